The summed E-state index contributed by atoms with van der Waals surface area (Å²) in [6.07, 6.45) is 12.0. The normalized spacial score (nSPS) is 17.1. The predicted molar refractivity (Wildman–Crippen MR) is 88.0 cm³/mol. The molecule has 0 unspecified atom stereocenters. The second kappa shape index (κ2) is 9.99. The lowest BCUT2D eigenvalue weighted by atomic mass is 9.80. The molecule has 1 aliphatic rings. The van der Waals surface area contributed by atoms with E-state index >= 15 is 0 Å². The van der Waals surface area contributed by atoms with E-state index in [2.05, 4.69) is 26.0 Å². The first-order chi connectivity index (χ1) is 9.70. The van der Waals surface area contributed by atoms with Gasteiger partial charge in [-0.05, 0) is 18.4 Å². The van der Waals surface area contributed by atoms with Gasteiger partial charge < -0.3 is 5.11 Å². The molecule has 1 heteroatoms. The van der Waals surface area contributed by atoms with Gasteiger partial charge in [0.15, 0.2) is 0 Å². The molecule has 0 heterocycles. The van der Waals surface area contributed by atoms with E-state index in [0.717, 1.165) is 19.3 Å². The van der Waals surface area contributed by atoms with Crippen LogP contribution in [-0.4, -0.2) is 10.7 Å². The van der Waals surface area contributed by atoms with Gasteiger partial charge in [0.2, 0.25) is 0 Å². The molecule has 114 valence electrons. The number of hydrogen-bond acceptors (Lipinski definition) is 1. The van der Waals surface area contributed by atoms with Crippen LogP contribution in [0.1, 0.15) is 77.2 Å². The van der Waals surface area contributed by atoms with Crippen LogP contribution < -0.4 is 0 Å². The zero-order chi connectivity index (χ0) is 14.7. The van der Waals surface area contributed by atoms with Gasteiger partial charge in [-0.1, -0.05) is 89.1 Å². The van der Waals surface area contributed by atoms with Crippen molar-refractivity contribution in [2.75, 3.05) is 0 Å². The van der Waals surface area contributed by atoms with Crippen LogP contribution >= 0.6 is 0 Å². The number of aliphatic hydroxyl groups is 1. The van der Waals surface area contributed by atoms with E-state index in [0.29, 0.717) is 0 Å². The molecule has 0 amide bonds. The molecule has 2 rings (SSSR count). The fourth-order valence-corrected chi connectivity index (χ4v) is 2.86. The van der Waals surface area contributed by atoms with Crippen molar-refractivity contribution in [1.29, 1.82) is 0 Å². The molecule has 1 aromatic carbocycles. The van der Waals surface area contributed by atoms with Gasteiger partial charge in [-0.2, -0.15) is 0 Å². The molecular weight excluding hydrogens is 244 g/mol. The van der Waals surface area contributed by atoms with Gasteiger partial charge >= 0.3 is 0 Å². The summed E-state index contributed by atoms with van der Waals surface area (Å²) in [6.45, 7) is 4.46. The Kier molecular flexibility index (Phi) is 8.60. The molecule has 0 spiro atoms. The molecule has 1 nitrogen and oxygen atoms in total. The van der Waals surface area contributed by atoms with E-state index < -0.39 is 5.60 Å². The summed E-state index contributed by atoms with van der Waals surface area (Å²) in [5.41, 5.74) is 0.844. The van der Waals surface area contributed by atoms with Crippen LogP contribution in [0.3, 0.4) is 0 Å². The number of benzene rings is 1. The fraction of sp³-hybridized carbons (Fsp3) is 0.684. The van der Waals surface area contributed by atoms with Crippen molar-refractivity contribution in [1.82, 2.24) is 0 Å². The largest absolute Gasteiger partial charge is 0.390 e. The quantitative estimate of drug-likeness (QED) is 0.703. The lowest BCUT2D eigenvalue weighted by Crippen LogP contribution is -2.33. The summed E-state index contributed by atoms with van der Waals surface area (Å²) < 4.78 is 0. The van der Waals surface area contributed by atoms with E-state index in [4.69, 9.17) is 0 Å². The van der Waals surface area contributed by atoms with Gasteiger partial charge in [0.05, 0.1) is 5.60 Å². The molecule has 0 saturated heterocycles. The molecule has 0 aliphatic heterocycles. The molecule has 1 N–H and O–H groups in total. The highest BCUT2D eigenvalue weighted by Crippen LogP contribution is 2.30. The van der Waals surface area contributed by atoms with E-state index in [1.807, 2.05) is 18.2 Å². The Morgan fingerprint density at radius 3 is 1.95 bits per heavy atom. The van der Waals surface area contributed by atoms with Crippen LogP contribution in [0.25, 0.3) is 0 Å². The minimum Gasteiger partial charge on any atom is -0.390 e. The van der Waals surface area contributed by atoms with E-state index in [1.165, 1.54) is 50.5 Å². The van der Waals surface area contributed by atoms with Crippen molar-refractivity contribution in [3.8, 4) is 0 Å². The van der Waals surface area contributed by atoms with Crippen LogP contribution in [-0.2, 0) is 6.42 Å². The summed E-state index contributed by atoms with van der Waals surface area (Å²) in [5, 5.41) is 10.3. The van der Waals surface area contributed by atoms with Crippen LogP contribution in [0.5, 0.6) is 0 Å². The topological polar surface area (TPSA) is 20.2 Å². The maximum atomic E-state index is 10.3. The molecule has 0 atom stereocenters. The smallest absolute Gasteiger partial charge is 0.0688 e. The van der Waals surface area contributed by atoms with E-state index in [1.54, 1.807) is 0 Å². The molecule has 0 aromatic heterocycles. The van der Waals surface area contributed by atoms with Gasteiger partial charge in [0.1, 0.15) is 0 Å². The van der Waals surface area contributed by atoms with Crippen LogP contribution in [0.2, 0.25) is 0 Å². The Balaban J connectivity index is 0.000000286. The van der Waals surface area contributed by atoms with Crippen molar-refractivity contribution in [3.05, 3.63) is 35.9 Å². The van der Waals surface area contributed by atoms with Crippen molar-refractivity contribution >= 4 is 0 Å². The second-order valence-corrected chi connectivity index (χ2v) is 6.15. The lowest BCUT2D eigenvalue weighted by molar-refractivity contribution is 0.00449. The third kappa shape index (κ3) is 7.09. The van der Waals surface area contributed by atoms with E-state index in [9.17, 15) is 5.11 Å². The van der Waals surface area contributed by atoms with Gasteiger partial charge in [-0.25, -0.2) is 0 Å². The summed E-state index contributed by atoms with van der Waals surface area (Å²) in [6, 6.07) is 10.3. The molecule has 1 saturated carbocycles. The molecule has 20 heavy (non-hydrogen) atoms. The number of rotatable bonds is 5. The van der Waals surface area contributed by atoms with Gasteiger partial charge in [0, 0.05) is 6.42 Å². The van der Waals surface area contributed by atoms with Gasteiger partial charge in [0.25, 0.3) is 0 Å². The maximum absolute atomic E-state index is 10.3. The summed E-state index contributed by atoms with van der Waals surface area (Å²) >= 11 is 0. The fourth-order valence-electron chi connectivity index (χ4n) is 2.86. The van der Waals surface area contributed by atoms with Crippen molar-refractivity contribution in [2.24, 2.45) is 0 Å². The minimum atomic E-state index is -0.417. The van der Waals surface area contributed by atoms with Crippen LogP contribution in [0.4, 0.5) is 0 Å². The SMILES string of the molecule is CCCCCC.OC1(Cc2ccccc2)CCCCC1. The molecular formula is C19H32O. The standard InChI is InChI=1S/C13H18O.C6H14/c14-13(9-5-2-6-10-13)11-12-7-3-1-4-8-12;1-3-5-6-4-2/h1,3-4,7-8,14H,2,5-6,9-11H2;3-6H2,1-2H3. The monoisotopic (exact) mass is 276 g/mol. The Hall–Kier alpha value is -0.820. The molecule has 0 radical (unpaired) electrons. The van der Waals surface area contributed by atoms with Crippen molar-refractivity contribution in [3.63, 3.8) is 0 Å². The highest BCUT2D eigenvalue weighted by atomic mass is 16.3. The highest BCUT2D eigenvalue weighted by molar-refractivity contribution is 5.17. The second-order valence-electron chi connectivity index (χ2n) is 6.15. The Morgan fingerprint density at radius 2 is 1.45 bits per heavy atom. The first kappa shape index (κ1) is 17.2. The number of unbranched alkanes of at least 4 members (excludes halogenated alkanes) is 3. The number of hydrogen-bond donors (Lipinski definition) is 1. The zero-order valence-corrected chi connectivity index (χ0v) is 13.4. The van der Waals surface area contributed by atoms with Crippen molar-refractivity contribution in [2.45, 2.75) is 83.7 Å². The summed E-state index contributed by atoms with van der Waals surface area (Å²) in [7, 11) is 0. The third-order valence-electron chi connectivity index (χ3n) is 4.12. The average molecular weight is 276 g/mol. The molecule has 1 fully saturated rings. The first-order valence-corrected chi connectivity index (χ1v) is 8.46. The maximum Gasteiger partial charge on any atom is 0.0688 e. The lowest BCUT2D eigenvalue weighted by Gasteiger charge is -2.32. The van der Waals surface area contributed by atoms with Gasteiger partial charge in [-0.3, -0.25) is 0 Å². The Morgan fingerprint density at radius 1 is 0.900 bits per heavy atom. The zero-order valence-electron chi connectivity index (χ0n) is 13.4. The Bertz CT molecular complexity index is 321. The van der Waals surface area contributed by atoms with E-state index in [-0.39, 0.29) is 0 Å². The summed E-state index contributed by atoms with van der Waals surface area (Å²) in [5.74, 6) is 0. The third-order valence-corrected chi connectivity index (χ3v) is 4.12. The van der Waals surface area contributed by atoms with Crippen LogP contribution in [0, 0.1) is 0 Å². The Labute approximate surface area is 125 Å². The summed E-state index contributed by atoms with van der Waals surface area (Å²) in [4.78, 5) is 0. The molecule has 1 aliphatic carbocycles. The first-order valence-electron chi connectivity index (χ1n) is 8.46. The molecule has 0 bridgehead atoms. The average Bonchev–Trinajstić information content (AvgIpc) is 2.47. The minimum absolute atomic E-state index is 0.417. The molecule has 1 aromatic rings. The van der Waals surface area contributed by atoms with Crippen molar-refractivity contribution < 1.29 is 5.11 Å². The predicted octanol–water partition coefficient (Wildman–Crippen LogP) is 5.51. The van der Waals surface area contributed by atoms with Gasteiger partial charge in [-0.15, -0.1) is 0 Å². The van der Waals surface area contributed by atoms with Crippen LogP contribution in [0.15, 0.2) is 30.3 Å². The highest BCUT2D eigenvalue weighted by Gasteiger charge is 2.28.